The number of hydrogen-bond acceptors (Lipinski definition) is 5. The van der Waals surface area contributed by atoms with Gasteiger partial charge in [0.05, 0.1) is 0 Å². The zero-order valence-electron chi connectivity index (χ0n) is 20.1. The number of nitrogens with one attached hydrogen (secondary N) is 3. The molecule has 192 valence electrons. The number of carbonyl (C=O) groups is 4. The Kier molecular flexibility index (Phi) is 10.2. The number of benzene rings is 3. The summed E-state index contributed by atoms with van der Waals surface area (Å²) >= 11 is 0. The molecule has 0 aliphatic carbocycles. The molecule has 0 bridgehead atoms. The molecule has 0 unspecified atom stereocenters. The normalized spacial score (nSPS) is 12.0. The van der Waals surface area contributed by atoms with E-state index in [1.54, 1.807) is 24.3 Å². The van der Waals surface area contributed by atoms with E-state index in [1.807, 2.05) is 66.7 Å². The van der Waals surface area contributed by atoms with Crippen LogP contribution in [0, 0.1) is 0 Å². The first-order chi connectivity index (χ1) is 17.9. The number of carbonyl (C=O) groups excluding carboxylic acids is 3. The summed E-state index contributed by atoms with van der Waals surface area (Å²) in [4.78, 5) is 49.6. The molecule has 0 aromatic heterocycles. The van der Waals surface area contributed by atoms with Gasteiger partial charge in [-0.3, -0.25) is 14.4 Å². The number of hydrogen-bond donors (Lipinski definition) is 4. The van der Waals surface area contributed by atoms with Crippen molar-refractivity contribution < 1.29 is 29.0 Å². The summed E-state index contributed by atoms with van der Waals surface area (Å²) in [5, 5.41) is 16.5. The van der Waals surface area contributed by atoms with Gasteiger partial charge in [0.1, 0.15) is 25.2 Å². The molecule has 9 nitrogen and oxygen atoms in total. The molecule has 3 aromatic rings. The van der Waals surface area contributed by atoms with Gasteiger partial charge in [-0.2, -0.15) is 0 Å². The fraction of sp³-hybridized carbons (Fsp3) is 0.214. The van der Waals surface area contributed by atoms with Crippen LogP contribution in [-0.4, -0.2) is 47.6 Å². The number of rotatable bonds is 12. The lowest BCUT2D eigenvalue weighted by atomic mass is 10.0. The maximum atomic E-state index is 13.3. The molecular weight excluding hydrogens is 474 g/mol. The zero-order valence-corrected chi connectivity index (χ0v) is 20.1. The third-order valence-electron chi connectivity index (χ3n) is 5.43. The Labute approximate surface area is 214 Å². The van der Waals surface area contributed by atoms with Crippen molar-refractivity contribution in [1.29, 1.82) is 0 Å². The average molecular weight is 504 g/mol. The molecule has 0 fully saturated rings. The second-order valence-corrected chi connectivity index (χ2v) is 8.31. The summed E-state index contributed by atoms with van der Waals surface area (Å²) in [5.74, 6) is -2.46. The predicted molar refractivity (Wildman–Crippen MR) is 136 cm³/mol. The quantitative estimate of drug-likeness (QED) is 0.300. The van der Waals surface area contributed by atoms with E-state index in [0.29, 0.717) is 0 Å². The van der Waals surface area contributed by atoms with E-state index in [9.17, 15) is 19.2 Å². The van der Waals surface area contributed by atoms with Crippen molar-refractivity contribution in [2.24, 2.45) is 0 Å². The molecule has 0 aliphatic rings. The van der Waals surface area contributed by atoms with E-state index in [4.69, 9.17) is 9.84 Å². The van der Waals surface area contributed by atoms with Gasteiger partial charge >= 0.3 is 12.1 Å². The molecule has 3 aromatic carbocycles. The Bertz CT molecular complexity index is 1170. The van der Waals surface area contributed by atoms with Gasteiger partial charge in [-0.05, 0) is 16.7 Å². The Morgan fingerprint density at radius 1 is 0.649 bits per heavy atom. The SMILES string of the molecule is O=C(O)CNC(=O)[C@H](Cc1ccccc1)NC(=O)[C@H](Cc1ccccc1)NC(=O)OCc1ccccc1. The molecule has 0 radical (unpaired) electrons. The maximum absolute atomic E-state index is 13.3. The van der Waals surface area contributed by atoms with E-state index < -0.39 is 42.5 Å². The number of aliphatic carboxylic acids is 1. The van der Waals surface area contributed by atoms with Crippen molar-refractivity contribution in [3.63, 3.8) is 0 Å². The van der Waals surface area contributed by atoms with Gasteiger partial charge in [0.2, 0.25) is 11.8 Å². The molecular formula is C28H29N3O6. The lowest BCUT2D eigenvalue weighted by Gasteiger charge is -2.23. The average Bonchev–Trinajstić information content (AvgIpc) is 2.91. The van der Waals surface area contributed by atoms with Gasteiger partial charge in [0.15, 0.2) is 0 Å². The van der Waals surface area contributed by atoms with Crippen LogP contribution in [0.3, 0.4) is 0 Å². The second-order valence-electron chi connectivity index (χ2n) is 8.31. The van der Waals surface area contributed by atoms with Crippen molar-refractivity contribution in [2.75, 3.05) is 6.54 Å². The summed E-state index contributed by atoms with van der Waals surface area (Å²) in [7, 11) is 0. The minimum atomic E-state index is -1.21. The van der Waals surface area contributed by atoms with E-state index in [2.05, 4.69) is 16.0 Å². The topological polar surface area (TPSA) is 134 Å². The smallest absolute Gasteiger partial charge is 0.408 e. The van der Waals surface area contributed by atoms with Gasteiger partial charge in [0, 0.05) is 12.8 Å². The standard InChI is InChI=1S/C28H29N3O6/c32-25(33)18-29-26(34)23(16-20-10-4-1-5-11-20)30-27(35)24(17-21-12-6-2-7-13-21)31-28(36)37-19-22-14-8-3-9-15-22/h1-15,23-24H,16-19H2,(H,29,34)(H,30,35)(H,31,36)(H,32,33)/t23-,24-/m0/s1. The number of ether oxygens (including phenoxy) is 1. The van der Waals surface area contributed by atoms with Crippen LogP contribution in [0.25, 0.3) is 0 Å². The minimum Gasteiger partial charge on any atom is -0.480 e. The van der Waals surface area contributed by atoms with Gasteiger partial charge in [-0.25, -0.2) is 4.79 Å². The molecule has 4 N–H and O–H groups in total. The fourth-order valence-corrected chi connectivity index (χ4v) is 3.58. The largest absolute Gasteiger partial charge is 0.480 e. The van der Waals surface area contributed by atoms with Crippen LogP contribution in [0.5, 0.6) is 0 Å². The highest BCUT2D eigenvalue weighted by Gasteiger charge is 2.28. The van der Waals surface area contributed by atoms with E-state index in [1.165, 1.54) is 0 Å². The molecule has 0 saturated carbocycles. The number of carboxylic acids is 1. The Morgan fingerprint density at radius 3 is 1.59 bits per heavy atom. The van der Waals surface area contributed by atoms with E-state index >= 15 is 0 Å². The summed E-state index contributed by atoms with van der Waals surface area (Å²) in [6.07, 6.45) is -0.494. The minimum absolute atomic E-state index is 0.0283. The lowest BCUT2D eigenvalue weighted by molar-refractivity contribution is -0.138. The van der Waals surface area contributed by atoms with Crippen LogP contribution in [0.2, 0.25) is 0 Å². The van der Waals surface area contributed by atoms with Gasteiger partial charge in [0.25, 0.3) is 0 Å². The van der Waals surface area contributed by atoms with Crippen molar-refractivity contribution in [2.45, 2.75) is 31.5 Å². The van der Waals surface area contributed by atoms with E-state index in [0.717, 1.165) is 16.7 Å². The first-order valence-electron chi connectivity index (χ1n) is 11.8. The monoisotopic (exact) mass is 503 g/mol. The van der Waals surface area contributed by atoms with Crippen LogP contribution >= 0.6 is 0 Å². The molecule has 9 heteroatoms. The Morgan fingerprint density at radius 2 is 1.11 bits per heavy atom. The summed E-state index contributed by atoms with van der Waals surface area (Å²) in [6.45, 7) is -0.557. The van der Waals surface area contributed by atoms with Crippen LogP contribution in [0.4, 0.5) is 4.79 Å². The van der Waals surface area contributed by atoms with Crippen molar-refractivity contribution in [3.8, 4) is 0 Å². The van der Waals surface area contributed by atoms with Gasteiger partial charge in [-0.1, -0.05) is 91.0 Å². The summed E-state index contributed by atoms with van der Waals surface area (Å²) in [6, 6.07) is 25.1. The number of carboxylic acid groups (broad SMARTS) is 1. The third-order valence-corrected chi connectivity index (χ3v) is 5.43. The molecule has 3 rings (SSSR count). The highest BCUT2D eigenvalue weighted by molar-refractivity contribution is 5.92. The molecule has 0 heterocycles. The summed E-state index contributed by atoms with van der Waals surface area (Å²) < 4.78 is 5.28. The first-order valence-corrected chi connectivity index (χ1v) is 11.8. The van der Waals surface area contributed by atoms with Crippen LogP contribution in [0.1, 0.15) is 16.7 Å². The predicted octanol–water partition coefficient (Wildman–Crippen LogP) is 2.45. The van der Waals surface area contributed by atoms with Crippen LogP contribution in [-0.2, 0) is 38.6 Å². The third kappa shape index (κ3) is 9.48. The highest BCUT2D eigenvalue weighted by Crippen LogP contribution is 2.08. The number of amides is 3. The molecule has 0 saturated heterocycles. The molecule has 3 amide bonds. The van der Waals surface area contributed by atoms with Crippen molar-refractivity contribution >= 4 is 23.9 Å². The van der Waals surface area contributed by atoms with Crippen molar-refractivity contribution in [1.82, 2.24) is 16.0 Å². The molecule has 37 heavy (non-hydrogen) atoms. The van der Waals surface area contributed by atoms with Crippen LogP contribution < -0.4 is 16.0 Å². The first kappa shape index (κ1) is 26.9. The zero-order chi connectivity index (χ0) is 26.5. The fourth-order valence-electron chi connectivity index (χ4n) is 3.58. The number of alkyl carbamates (subject to hydrolysis) is 1. The highest BCUT2D eigenvalue weighted by atomic mass is 16.5. The van der Waals surface area contributed by atoms with Crippen LogP contribution in [0.15, 0.2) is 91.0 Å². The molecule has 0 aliphatic heterocycles. The van der Waals surface area contributed by atoms with Crippen molar-refractivity contribution in [3.05, 3.63) is 108 Å². The summed E-state index contributed by atoms with van der Waals surface area (Å²) in [5.41, 5.74) is 2.36. The second kappa shape index (κ2) is 14.0. The van der Waals surface area contributed by atoms with Gasteiger partial charge in [-0.15, -0.1) is 0 Å². The molecule has 2 atom stereocenters. The molecule has 0 spiro atoms. The lowest BCUT2D eigenvalue weighted by Crippen LogP contribution is -2.55. The maximum Gasteiger partial charge on any atom is 0.408 e. The Balaban J connectivity index is 1.73. The van der Waals surface area contributed by atoms with E-state index in [-0.39, 0.29) is 19.4 Å². The Hall–Kier alpha value is -4.66. The van der Waals surface area contributed by atoms with Gasteiger partial charge < -0.3 is 25.8 Å².